The zero-order chi connectivity index (χ0) is 50.2. The number of benzene rings is 2. The quantitative estimate of drug-likeness (QED) is 0.101. The molecule has 5 N–H and O–H groups in total. The van der Waals surface area contributed by atoms with Gasteiger partial charge in [0.1, 0.15) is 17.8 Å². The Hall–Kier alpha value is -6.14. The van der Waals surface area contributed by atoms with Crippen molar-refractivity contribution in [2.24, 2.45) is 11.3 Å². The number of aryl methyl sites for hydroxylation is 1. The number of aromatic hydroxyl groups is 1. The number of phenols is 1. The third-order valence-electron chi connectivity index (χ3n) is 13.8. The Balaban J connectivity index is 1.33. The maximum Gasteiger partial charge on any atom is 0.355 e. The van der Waals surface area contributed by atoms with Crippen molar-refractivity contribution in [2.45, 2.75) is 116 Å². The van der Waals surface area contributed by atoms with Crippen molar-refractivity contribution in [1.82, 2.24) is 35.1 Å². The van der Waals surface area contributed by atoms with E-state index in [9.17, 15) is 39.3 Å². The van der Waals surface area contributed by atoms with E-state index in [1.165, 1.54) is 18.0 Å². The van der Waals surface area contributed by atoms with Crippen molar-refractivity contribution in [1.29, 1.82) is 0 Å². The molecule has 2 saturated heterocycles. The fourth-order valence-corrected chi connectivity index (χ4v) is 10.3. The Morgan fingerprint density at radius 1 is 1.07 bits per heavy atom. The van der Waals surface area contributed by atoms with Gasteiger partial charge in [0.25, 0.3) is 11.8 Å². The van der Waals surface area contributed by atoms with Gasteiger partial charge in [0.05, 0.1) is 30.6 Å². The second kappa shape index (κ2) is 20.1. The lowest BCUT2D eigenvalue weighted by molar-refractivity contribution is -0.189. The van der Waals surface area contributed by atoms with E-state index in [0.717, 1.165) is 55.0 Å². The van der Waals surface area contributed by atoms with Gasteiger partial charge in [0.15, 0.2) is 5.60 Å². The van der Waals surface area contributed by atoms with Crippen LogP contribution in [0.3, 0.4) is 0 Å². The molecule has 2 aromatic carbocycles. The van der Waals surface area contributed by atoms with Crippen molar-refractivity contribution in [3.05, 3.63) is 84.2 Å². The number of fused-ring (bicyclic) bond motifs is 6. The molecule has 1 unspecified atom stereocenters. The van der Waals surface area contributed by atoms with Gasteiger partial charge in [0, 0.05) is 81.1 Å². The first kappa shape index (κ1) is 50.7. The highest BCUT2D eigenvalue weighted by molar-refractivity contribution is 5.97. The van der Waals surface area contributed by atoms with Crippen molar-refractivity contribution in [3.8, 4) is 28.1 Å². The minimum absolute atomic E-state index is 0.0500. The number of methoxy groups -OCH3 is 1. The summed E-state index contributed by atoms with van der Waals surface area (Å²) in [7, 11) is 3.07. The standard InChI is InChI=1S/C52H67N7O10/c1-10-41(68-9)43-36(15-13-20-53-43)45-38-28-50(6,7)30-69-49(65)52(67)18-14-21-59(55-52)47(63)39(25-32-23-34(26-35(60)24-32)33-16-17-40(37(38)27-33)58(45)12-3)54-46(62)44(31(4)5)56(8)48(64)51(66)19-22-57(29-51)42(61)11-2/h11,13,15-17,20,23-24,26-27,31,39,41,44,55,60,66-67H,2,10,12,14,18-19,21-22,25,28-30H2,1,3-9H3,(H,54,62)/t39-,41-,44-,51?,52-/m0/s1. The van der Waals surface area contributed by atoms with Crippen LogP contribution in [0, 0.1) is 11.3 Å². The predicted octanol–water partition coefficient (Wildman–Crippen LogP) is 4.79. The van der Waals surface area contributed by atoms with E-state index in [0.29, 0.717) is 30.5 Å². The van der Waals surface area contributed by atoms with Crippen LogP contribution in [0.25, 0.3) is 33.3 Å². The number of nitrogens with zero attached hydrogens (tertiary/aromatic N) is 5. The second-order valence-electron chi connectivity index (χ2n) is 19.9. The molecule has 3 aliphatic rings. The highest BCUT2D eigenvalue weighted by Gasteiger charge is 2.49. The molecule has 3 aliphatic heterocycles. The highest BCUT2D eigenvalue weighted by atomic mass is 16.6. The number of nitrogens with one attached hydrogen (secondary N) is 2. The van der Waals surface area contributed by atoms with Gasteiger partial charge in [-0.25, -0.2) is 4.79 Å². The lowest BCUT2D eigenvalue weighted by Gasteiger charge is -2.40. The molecule has 5 heterocycles. The fourth-order valence-electron chi connectivity index (χ4n) is 10.3. The van der Waals surface area contributed by atoms with Crippen LogP contribution in [0.15, 0.2) is 67.4 Å². The number of hydrazine groups is 1. The van der Waals surface area contributed by atoms with Crippen LogP contribution in [0.5, 0.6) is 5.75 Å². The average Bonchev–Trinajstić information content (AvgIpc) is 3.87. The Morgan fingerprint density at radius 2 is 1.83 bits per heavy atom. The van der Waals surface area contributed by atoms with Gasteiger partial charge in [-0.1, -0.05) is 53.3 Å². The SMILES string of the molecule is C=CC(=O)N1CCC(O)(C(=O)N(C)[C@H](C(=O)N[C@H]2Cc3cc(O)cc(c3)-c3ccc4c(c3)c(c(-c3cccnc3[C@H](CC)OC)n4CC)CC(C)(C)COC(=O)[C@@]3(O)CCCN(N3)C2=O)C(C)C)C1. The van der Waals surface area contributed by atoms with Gasteiger partial charge in [-0.3, -0.25) is 29.2 Å². The summed E-state index contributed by atoms with van der Waals surface area (Å²) in [4.78, 5) is 77.0. The molecule has 6 bridgehead atoms. The first-order valence-corrected chi connectivity index (χ1v) is 23.8. The van der Waals surface area contributed by atoms with Crippen LogP contribution >= 0.6 is 0 Å². The Labute approximate surface area is 403 Å². The number of rotatable bonds is 11. The molecule has 370 valence electrons. The third-order valence-corrected chi connectivity index (χ3v) is 13.8. The van der Waals surface area contributed by atoms with E-state index in [1.807, 2.05) is 51.1 Å². The number of hydrogen-bond acceptors (Lipinski definition) is 12. The monoisotopic (exact) mass is 949 g/mol. The van der Waals surface area contributed by atoms with Gasteiger partial charge >= 0.3 is 5.97 Å². The number of aromatic nitrogens is 2. The van der Waals surface area contributed by atoms with E-state index in [-0.39, 0.29) is 63.8 Å². The van der Waals surface area contributed by atoms with E-state index in [4.69, 9.17) is 14.5 Å². The van der Waals surface area contributed by atoms with Crippen molar-refractivity contribution >= 4 is 40.5 Å². The number of ether oxygens (including phenoxy) is 2. The number of phenolic OH excluding ortho intramolecular Hbond substituents is 1. The Bertz CT molecular complexity index is 2640. The lowest BCUT2D eigenvalue weighted by Crippen LogP contribution is -2.67. The molecule has 69 heavy (non-hydrogen) atoms. The summed E-state index contributed by atoms with van der Waals surface area (Å²) in [5.74, 6) is -4.18. The van der Waals surface area contributed by atoms with Crippen LogP contribution < -0.4 is 10.7 Å². The first-order valence-electron chi connectivity index (χ1n) is 23.8. The summed E-state index contributed by atoms with van der Waals surface area (Å²) in [5.41, 5.74) is 4.25. The van der Waals surface area contributed by atoms with E-state index in [2.05, 4.69) is 34.9 Å². The summed E-state index contributed by atoms with van der Waals surface area (Å²) in [5, 5.41) is 39.7. The molecule has 17 heteroatoms. The van der Waals surface area contributed by atoms with Crippen molar-refractivity contribution in [3.63, 3.8) is 0 Å². The number of aliphatic hydroxyl groups is 2. The summed E-state index contributed by atoms with van der Waals surface area (Å²) in [6, 6.07) is 12.5. The highest BCUT2D eigenvalue weighted by Crippen LogP contribution is 2.43. The molecule has 2 aromatic heterocycles. The number of likely N-dealkylation sites (tertiary alicyclic amines) is 1. The molecule has 0 aliphatic carbocycles. The number of β-amino-alcohol motifs (C(OH)–C–C–N with tert-alkyl or cyclic N) is 1. The molecule has 5 atom stereocenters. The van der Waals surface area contributed by atoms with Crippen LogP contribution in [0.2, 0.25) is 0 Å². The number of carbonyl (C=O) groups is 5. The number of esters is 1. The minimum atomic E-state index is -2.30. The summed E-state index contributed by atoms with van der Waals surface area (Å²) in [6.07, 6.45) is 3.65. The average molecular weight is 950 g/mol. The Kier molecular flexibility index (Phi) is 14.8. The lowest BCUT2D eigenvalue weighted by atomic mass is 9.84. The second-order valence-corrected chi connectivity index (χ2v) is 19.9. The molecule has 0 radical (unpaired) electrons. The number of amides is 4. The minimum Gasteiger partial charge on any atom is -0.508 e. The maximum absolute atomic E-state index is 14.8. The fraction of sp³-hybridized carbons (Fsp3) is 0.500. The predicted molar refractivity (Wildman–Crippen MR) is 259 cm³/mol. The zero-order valence-corrected chi connectivity index (χ0v) is 41.0. The summed E-state index contributed by atoms with van der Waals surface area (Å²) in [6.45, 7) is 15.5. The third kappa shape index (κ3) is 10.1. The number of likely N-dealkylation sites (N-methyl/N-ethyl adjacent to an activating group) is 1. The molecule has 0 saturated carbocycles. The van der Waals surface area contributed by atoms with Crippen LogP contribution in [0.1, 0.15) is 90.2 Å². The van der Waals surface area contributed by atoms with Crippen LogP contribution in [-0.4, -0.2) is 133 Å². The molecule has 7 rings (SSSR count). The largest absolute Gasteiger partial charge is 0.508 e. The summed E-state index contributed by atoms with van der Waals surface area (Å²) >= 11 is 0. The molecular formula is C52H67N7O10. The smallest absolute Gasteiger partial charge is 0.355 e. The van der Waals surface area contributed by atoms with Gasteiger partial charge in [-0.05, 0) is 96.8 Å². The van der Waals surface area contributed by atoms with Gasteiger partial charge < -0.3 is 44.5 Å². The molecule has 4 amide bonds. The van der Waals surface area contributed by atoms with Crippen LogP contribution in [0.4, 0.5) is 0 Å². The first-order chi connectivity index (χ1) is 32.7. The van der Waals surface area contributed by atoms with E-state index in [1.54, 1.807) is 33.2 Å². The number of cyclic esters (lactones) is 1. The van der Waals surface area contributed by atoms with Crippen LogP contribution in [-0.2, 0) is 52.8 Å². The van der Waals surface area contributed by atoms with Crippen molar-refractivity contribution in [2.75, 3.05) is 40.4 Å². The maximum atomic E-state index is 14.8. The topological polar surface area (TPSA) is 216 Å². The summed E-state index contributed by atoms with van der Waals surface area (Å²) < 4.78 is 14.1. The Morgan fingerprint density at radius 3 is 2.51 bits per heavy atom. The number of hydrogen-bond donors (Lipinski definition) is 5. The van der Waals surface area contributed by atoms with Gasteiger partial charge in [0.2, 0.25) is 17.5 Å². The van der Waals surface area contributed by atoms with Gasteiger partial charge in [-0.15, -0.1) is 0 Å². The van der Waals surface area contributed by atoms with E-state index < -0.39 is 64.3 Å². The molecular weight excluding hydrogens is 883 g/mol. The number of carbonyl (C=O) groups excluding carboxylic acids is 5. The van der Waals surface area contributed by atoms with Gasteiger partial charge in [-0.2, -0.15) is 5.43 Å². The van der Waals surface area contributed by atoms with E-state index >= 15 is 0 Å². The molecule has 2 fully saturated rings. The zero-order valence-electron chi connectivity index (χ0n) is 41.0. The number of pyridine rings is 1. The van der Waals surface area contributed by atoms with Crippen molar-refractivity contribution < 1.29 is 48.8 Å². The molecule has 4 aromatic rings. The molecule has 17 nitrogen and oxygen atoms in total. The normalized spacial score (nSPS) is 22.7. The molecule has 0 spiro atoms.